The van der Waals surface area contributed by atoms with Gasteiger partial charge in [0.1, 0.15) is 23.1 Å². The SMILES string of the molecule is COc1cccc(CCC[N+]2(CCCc3cccc(OC)c3)CCC[C@H](NC(=O)OC(C)(C)C)C2)c1.O=C([O-])C(F)(F)F. The standard InChI is InChI=1S/C30H44N2O4.C2HF3O2/c1-30(2,3)36-29(33)31-26-15-10-20-32(23-26,18-8-13-24-11-6-16-27(21-24)34-4)19-9-14-25-12-7-17-28(22-25)35-5;3-2(4,5)1(6)7/h6-7,11-12,16-17,21-22,26H,8-10,13-15,18-20,23H2,1-5H3;(H,6,7)/t26-;/m0./s1. The number of carbonyl (C=O) groups is 2. The summed E-state index contributed by atoms with van der Waals surface area (Å²) in [5, 5.41) is 12.0. The van der Waals surface area contributed by atoms with Crippen LogP contribution in [-0.4, -0.2) is 74.8 Å². The fourth-order valence-corrected chi connectivity index (χ4v) is 5.33. The molecule has 1 saturated heterocycles. The zero-order valence-corrected chi connectivity index (χ0v) is 25.8. The van der Waals surface area contributed by atoms with Crippen LogP contribution in [-0.2, 0) is 22.4 Å². The second-order valence-electron chi connectivity index (χ2n) is 11.9. The number of amides is 1. The average molecular weight is 611 g/mol. The first kappa shape index (κ1) is 35.7. The summed E-state index contributed by atoms with van der Waals surface area (Å²) in [5.41, 5.74) is 2.13. The van der Waals surface area contributed by atoms with Crippen LogP contribution in [0.15, 0.2) is 48.5 Å². The molecule has 2 aromatic carbocycles. The smallest absolute Gasteiger partial charge is 0.430 e. The molecule has 43 heavy (non-hydrogen) atoms. The Morgan fingerprint density at radius 2 is 1.42 bits per heavy atom. The van der Waals surface area contributed by atoms with E-state index in [1.807, 2.05) is 32.9 Å². The molecule has 8 nitrogen and oxygen atoms in total. The number of nitrogens with one attached hydrogen (secondary N) is 1. The Hall–Kier alpha value is -3.47. The molecule has 1 amide bonds. The minimum absolute atomic E-state index is 0.141. The fraction of sp³-hybridized carbons (Fsp3) is 0.562. The molecule has 0 radical (unpaired) electrons. The van der Waals surface area contributed by atoms with Crippen molar-refractivity contribution in [1.82, 2.24) is 5.32 Å². The number of hydrogen-bond donors (Lipinski definition) is 1. The molecule has 0 unspecified atom stereocenters. The van der Waals surface area contributed by atoms with Gasteiger partial charge in [0.15, 0.2) is 0 Å². The van der Waals surface area contributed by atoms with Crippen LogP contribution in [0, 0.1) is 0 Å². The highest BCUT2D eigenvalue weighted by atomic mass is 19.4. The number of carboxylic acids is 1. The quantitative estimate of drug-likeness (QED) is 0.357. The molecule has 1 aliphatic heterocycles. The third kappa shape index (κ3) is 13.6. The van der Waals surface area contributed by atoms with Crippen molar-refractivity contribution in [1.29, 1.82) is 0 Å². The number of benzene rings is 2. The van der Waals surface area contributed by atoms with Crippen molar-refractivity contribution >= 4 is 12.1 Å². The molecule has 0 aromatic heterocycles. The average Bonchev–Trinajstić information content (AvgIpc) is 2.92. The largest absolute Gasteiger partial charge is 0.542 e. The lowest BCUT2D eigenvalue weighted by molar-refractivity contribution is -0.933. The van der Waals surface area contributed by atoms with E-state index >= 15 is 0 Å². The Labute approximate surface area is 252 Å². The number of nitrogens with zero attached hydrogens (tertiary/aromatic N) is 1. The summed E-state index contributed by atoms with van der Waals surface area (Å²) in [6, 6.07) is 16.9. The number of likely N-dealkylation sites (tertiary alicyclic amines) is 1. The number of alkyl carbamates (subject to hydrolysis) is 1. The van der Waals surface area contributed by atoms with Crippen LogP contribution in [0.1, 0.15) is 57.6 Å². The van der Waals surface area contributed by atoms with Crippen LogP contribution < -0.4 is 19.9 Å². The van der Waals surface area contributed by atoms with Crippen molar-refractivity contribution in [3.8, 4) is 11.5 Å². The third-order valence-electron chi connectivity index (χ3n) is 7.21. The molecule has 1 aliphatic rings. The summed E-state index contributed by atoms with van der Waals surface area (Å²) in [7, 11) is 3.43. The molecule has 240 valence electrons. The summed E-state index contributed by atoms with van der Waals surface area (Å²) < 4.78 is 48.9. The second kappa shape index (κ2) is 16.4. The minimum atomic E-state index is -5.19. The van der Waals surface area contributed by atoms with Crippen molar-refractivity contribution in [3.05, 3.63) is 59.7 Å². The van der Waals surface area contributed by atoms with Gasteiger partial charge in [0, 0.05) is 12.8 Å². The van der Waals surface area contributed by atoms with E-state index in [0.29, 0.717) is 0 Å². The highest BCUT2D eigenvalue weighted by Crippen LogP contribution is 2.24. The maximum Gasteiger partial charge on any atom is 0.430 e. The van der Waals surface area contributed by atoms with E-state index in [4.69, 9.17) is 24.1 Å². The molecular formula is C32H45F3N2O6. The first-order valence-electron chi connectivity index (χ1n) is 14.5. The van der Waals surface area contributed by atoms with Crippen LogP contribution in [0.5, 0.6) is 11.5 Å². The number of carbonyl (C=O) groups excluding carboxylic acids is 2. The van der Waals surface area contributed by atoms with Crippen LogP contribution in [0.4, 0.5) is 18.0 Å². The predicted molar refractivity (Wildman–Crippen MR) is 156 cm³/mol. The van der Waals surface area contributed by atoms with E-state index in [0.717, 1.165) is 80.7 Å². The number of rotatable bonds is 11. The summed E-state index contributed by atoms with van der Waals surface area (Å²) >= 11 is 0. The molecule has 0 spiro atoms. The molecule has 2 aromatic rings. The Morgan fingerprint density at radius 1 is 0.930 bits per heavy atom. The summed E-state index contributed by atoms with van der Waals surface area (Å²) in [4.78, 5) is 21.3. The van der Waals surface area contributed by atoms with Crippen molar-refractivity contribution in [3.63, 3.8) is 0 Å². The van der Waals surface area contributed by atoms with Gasteiger partial charge in [-0.05, 0) is 81.8 Å². The van der Waals surface area contributed by atoms with Crippen molar-refractivity contribution in [2.75, 3.05) is 40.4 Å². The van der Waals surface area contributed by atoms with Crippen LogP contribution in [0.25, 0.3) is 0 Å². The number of hydrogen-bond acceptors (Lipinski definition) is 6. The maximum atomic E-state index is 12.5. The lowest BCUT2D eigenvalue weighted by atomic mass is 9.99. The topological polar surface area (TPSA) is 96.9 Å². The van der Waals surface area contributed by atoms with Gasteiger partial charge >= 0.3 is 12.3 Å². The minimum Gasteiger partial charge on any atom is -0.542 e. The first-order valence-corrected chi connectivity index (χ1v) is 14.5. The number of methoxy groups -OCH3 is 2. The normalized spacial score (nSPS) is 16.3. The van der Waals surface area contributed by atoms with Gasteiger partial charge in [0.05, 0.1) is 46.4 Å². The lowest BCUT2D eigenvalue weighted by Gasteiger charge is -2.45. The molecule has 3 rings (SSSR count). The number of alkyl halides is 3. The van der Waals surface area contributed by atoms with Gasteiger partial charge in [-0.25, -0.2) is 4.79 Å². The Kier molecular flexibility index (Phi) is 13.6. The number of quaternary nitrogens is 1. The van der Waals surface area contributed by atoms with Gasteiger partial charge in [-0.3, -0.25) is 0 Å². The maximum absolute atomic E-state index is 12.5. The number of aryl methyl sites for hydroxylation is 2. The number of piperidine rings is 1. The highest BCUT2D eigenvalue weighted by molar-refractivity contribution is 5.70. The Morgan fingerprint density at radius 3 is 1.84 bits per heavy atom. The van der Waals surface area contributed by atoms with E-state index < -0.39 is 17.7 Å². The van der Waals surface area contributed by atoms with Gasteiger partial charge < -0.3 is 33.9 Å². The Bertz CT molecular complexity index is 1110. The molecule has 11 heteroatoms. The van der Waals surface area contributed by atoms with Crippen molar-refractivity contribution in [2.24, 2.45) is 0 Å². The lowest BCUT2D eigenvalue weighted by Crippen LogP contribution is -2.60. The van der Waals surface area contributed by atoms with Gasteiger partial charge in [-0.1, -0.05) is 24.3 Å². The van der Waals surface area contributed by atoms with E-state index in [2.05, 4.69) is 41.7 Å². The zero-order valence-electron chi connectivity index (χ0n) is 25.8. The highest BCUT2D eigenvalue weighted by Gasteiger charge is 2.35. The molecule has 0 aliphatic carbocycles. The zero-order chi connectivity index (χ0) is 32.1. The van der Waals surface area contributed by atoms with Gasteiger partial charge in [-0.2, -0.15) is 13.2 Å². The molecule has 1 atom stereocenters. The van der Waals surface area contributed by atoms with Gasteiger partial charge in [-0.15, -0.1) is 0 Å². The Balaban J connectivity index is 0.000000821. The molecule has 0 saturated carbocycles. The third-order valence-corrected chi connectivity index (χ3v) is 7.21. The molecule has 1 N–H and O–H groups in total. The molecule has 1 heterocycles. The summed E-state index contributed by atoms with van der Waals surface area (Å²) in [6.45, 7) is 10.0. The monoisotopic (exact) mass is 610 g/mol. The summed E-state index contributed by atoms with van der Waals surface area (Å²) in [6.07, 6.45) is 0.871. The van der Waals surface area contributed by atoms with Gasteiger partial charge in [0.2, 0.25) is 0 Å². The number of halogens is 3. The van der Waals surface area contributed by atoms with Crippen molar-refractivity contribution < 1.29 is 46.6 Å². The first-order chi connectivity index (χ1) is 20.1. The molecule has 1 fully saturated rings. The fourth-order valence-electron chi connectivity index (χ4n) is 5.33. The predicted octanol–water partition coefficient (Wildman–Crippen LogP) is 5.07. The number of ether oxygens (including phenoxy) is 3. The number of aliphatic carboxylic acids is 1. The second-order valence-corrected chi connectivity index (χ2v) is 11.9. The molecule has 0 bridgehead atoms. The number of carboxylic acid groups (broad SMARTS) is 1. The molecular weight excluding hydrogens is 565 g/mol. The van der Waals surface area contributed by atoms with E-state index in [1.54, 1.807) is 14.2 Å². The van der Waals surface area contributed by atoms with Gasteiger partial charge in [0.25, 0.3) is 0 Å². The van der Waals surface area contributed by atoms with E-state index in [9.17, 15) is 18.0 Å². The van der Waals surface area contributed by atoms with Crippen LogP contribution in [0.2, 0.25) is 0 Å². The van der Waals surface area contributed by atoms with Crippen LogP contribution in [0.3, 0.4) is 0 Å². The van der Waals surface area contributed by atoms with E-state index in [-0.39, 0.29) is 12.1 Å². The van der Waals surface area contributed by atoms with Crippen LogP contribution >= 0.6 is 0 Å². The van der Waals surface area contributed by atoms with Crippen molar-refractivity contribution in [2.45, 2.75) is 77.1 Å². The van der Waals surface area contributed by atoms with E-state index in [1.165, 1.54) is 11.1 Å². The summed E-state index contributed by atoms with van der Waals surface area (Å²) in [5.74, 6) is -1.18.